The van der Waals surface area contributed by atoms with E-state index in [1.807, 2.05) is 38.2 Å². The molecule has 1 aromatic carbocycles. The van der Waals surface area contributed by atoms with Crippen LogP contribution in [0, 0.1) is 34.5 Å². The molecule has 0 amide bonds. The Kier molecular flexibility index (Phi) is 13.9. The topological polar surface area (TPSA) is 96.0 Å². The van der Waals surface area contributed by atoms with Gasteiger partial charge in [0.25, 0.3) is 0 Å². The summed E-state index contributed by atoms with van der Waals surface area (Å²) < 4.78 is 0. The van der Waals surface area contributed by atoms with Gasteiger partial charge in [-0.05, 0) is 94.5 Å². The molecule has 0 aliphatic heterocycles. The normalized spacial score (nSPS) is 33.0. The molecule has 3 aliphatic rings. The zero-order valence-electron chi connectivity index (χ0n) is 25.8. The fourth-order valence-electron chi connectivity index (χ4n) is 8.22. The molecule has 3 fully saturated rings. The molecule has 7 atom stereocenters. The van der Waals surface area contributed by atoms with Gasteiger partial charge in [-0.1, -0.05) is 43.7 Å². The van der Waals surface area contributed by atoms with Crippen LogP contribution in [0.25, 0.3) is 0 Å². The third kappa shape index (κ3) is 7.20. The number of rotatable bonds is 9. The van der Waals surface area contributed by atoms with Crippen LogP contribution in [0.2, 0.25) is 0 Å². The lowest BCUT2D eigenvalue weighted by Crippen LogP contribution is -2.56. The highest BCUT2D eigenvalue weighted by molar-refractivity contribution is 8.00. The average Bonchev–Trinajstić information content (AvgIpc) is 3.33. The van der Waals surface area contributed by atoms with Gasteiger partial charge in [-0.25, -0.2) is 0 Å². The van der Waals surface area contributed by atoms with Gasteiger partial charge in [-0.2, -0.15) is 12.6 Å². The number of Topliss-reactive ketones (excluding diaryl/α,β-unsaturated/α-hetero) is 1. The highest BCUT2D eigenvalue weighted by Gasteiger charge is 2.62. The number of thioether (sulfide) groups is 1. The summed E-state index contributed by atoms with van der Waals surface area (Å²) in [5.74, 6) is 2.36. The fourth-order valence-corrected chi connectivity index (χ4v) is 9.12. The number of aliphatic imine (C=N–C) groups is 1. The molecule has 0 bridgehead atoms. The lowest BCUT2D eigenvalue weighted by molar-refractivity contribution is -0.136. The Morgan fingerprint density at radius 3 is 2.56 bits per heavy atom. The van der Waals surface area contributed by atoms with Gasteiger partial charge in [-0.15, -0.1) is 11.8 Å². The Bertz CT molecular complexity index is 1090. The molecule has 0 spiro atoms. The predicted molar refractivity (Wildman–Crippen MR) is 180 cm³/mol. The molecule has 3 aliphatic carbocycles. The maximum atomic E-state index is 13.6. The number of fused-ring (bicyclic) bond motifs is 3. The van der Waals surface area contributed by atoms with Crippen LogP contribution in [0.3, 0.4) is 0 Å². The number of hydrogen-bond acceptors (Lipinski definition) is 8. The van der Waals surface area contributed by atoms with E-state index in [1.165, 1.54) is 7.05 Å². The number of aldehydes is 1. The molecule has 1 aromatic rings. The molecule has 3 saturated carbocycles. The Balaban J connectivity index is 0.00000141. The Labute approximate surface area is 257 Å². The number of carbonyl (C=O) groups excluding carboxylic acids is 2. The molecule has 7 unspecified atom stereocenters. The number of anilines is 1. The molecule has 0 radical (unpaired) electrons. The smallest absolute Gasteiger partial charge is 0.146 e. The number of nitrogens with two attached hydrogens (primary N) is 1. The van der Waals surface area contributed by atoms with Crippen molar-refractivity contribution in [2.75, 3.05) is 36.9 Å². The van der Waals surface area contributed by atoms with Gasteiger partial charge >= 0.3 is 0 Å². The van der Waals surface area contributed by atoms with Crippen LogP contribution in [0.5, 0.6) is 0 Å². The minimum absolute atomic E-state index is 0.00655. The third-order valence-electron chi connectivity index (χ3n) is 9.75. The fraction of sp³-hybridized carbons (Fsp3) is 0.606. The van der Waals surface area contributed by atoms with E-state index in [0.717, 1.165) is 48.9 Å². The Morgan fingerprint density at radius 1 is 1.24 bits per heavy atom. The minimum Gasteiger partial charge on any atom is -0.393 e. The van der Waals surface area contributed by atoms with Gasteiger partial charge in [-0.3, -0.25) is 14.6 Å². The molecule has 4 rings (SSSR count). The lowest BCUT2D eigenvalue weighted by atomic mass is 9.47. The number of para-hydroxylation sites is 2. The summed E-state index contributed by atoms with van der Waals surface area (Å²) in [4.78, 5) is 31.2. The SMILES string of the molecule is C=Nc1ccccc1N(C)CSCC(=O)C1CCC2C3CC/C(=C/C=O)C(C)(/C=C\C)C3C(O)CC12C.CN.CS. The van der Waals surface area contributed by atoms with Crippen LogP contribution in [0.15, 0.2) is 53.1 Å². The first-order valence-electron chi connectivity index (χ1n) is 14.6. The predicted octanol–water partition coefficient (Wildman–Crippen LogP) is 6.37. The summed E-state index contributed by atoms with van der Waals surface area (Å²) in [6, 6.07) is 7.91. The summed E-state index contributed by atoms with van der Waals surface area (Å²) in [7, 11) is 3.52. The van der Waals surface area contributed by atoms with Crippen LogP contribution < -0.4 is 10.6 Å². The molecule has 0 saturated heterocycles. The highest BCUT2D eigenvalue weighted by Crippen LogP contribution is 2.65. The largest absolute Gasteiger partial charge is 0.393 e. The van der Waals surface area contributed by atoms with E-state index in [9.17, 15) is 14.7 Å². The first-order valence-corrected chi connectivity index (χ1v) is 16.6. The van der Waals surface area contributed by atoms with Gasteiger partial charge in [0, 0.05) is 24.3 Å². The average molecular weight is 602 g/mol. The van der Waals surface area contributed by atoms with E-state index in [-0.39, 0.29) is 22.7 Å². The number of thiol groups is 1. The lowest BCUT2D eigenvalue weighted by Gasteiger charge is -2.58. The van der Waals surface area contributed by atoms with Crippen LogP contribution >= 0.6 is 24.4 Å². The molecule has 8 heteroatoms. The van der Waals surface area contributed by atoms with Crippen molar-refractivity contribution in [1.29, 1.82) is 0 Å². The van der Waals surface area contributed by atoms with Crippen LogP contribution in [-0.4, -0.2) is 62.0 Å². The Hall–Kier alpha value is -1.87. The maximum absolute atomic E-state index is 13.6. The zero-order valence-corrected chi connectivity index (χ0v) is 27.5. The summed E-state index contributed by atoms with van der Waals surface area (Å²) >= 11 is 5.17. The van der Waals surface area contributed by atoms with Crippen molar-refractivity contribution in [3.63, 3.8) is 0 Å². The first kappa shape index (κ1) is 35.3. The van der Waals surface area contributed by atoms with Gasteiger partial charge < -0.3 is 15.7 Å². The minimum atomic E-state index is -0.488. The van der Waals surface area contributed by atoms with Crippen LogP contribution in [0.4, 0.5) is 11.4 Å². The van der Waals surface area contributed by atoms with E-state index in [0.29, 0.717) is 35.7 Å². The summed E-state index contributed by atoms with van der Waals surface area (Å²) in [5.41, 5.74) is 6.99. The van der Waals surface area contributed by atoms with Crippen molar-refractivity contribution in [2.45, 2.75) is 59.0 Å². The van der Waals surface area contributed by atoms with E-state index in [4.69, 9.17) is 0 Å². The monoisotopic (exact) mass is 601 g/mol. The zero-order chi connectivity index (χ0) is 30.8. The summed E-state index contributed by atoms with van der Waals surface area (Å²) in [6.45, 7) is 10.1. The third-order valence-corrected chi connectivity index (χ3v) is 10.8. The van der Waals surface area contributed by atoms with Crippen molar-refractivity contribution in [3.05, 3.63) is 48.1 Å². The molecule has 6 nitrogen and oxygen atoms in total. The maximum Gasteiger partial charge on any atom is 0.146 e. The standard InChI is InChI=1S/C31H42N2O3S.CH5N.CH4S/c1-6-16-30(2)21(15-17-34)11-12-22-23-13-14-24(31(23,3)18-27(35)29(22)30)28(36)19-37-20-33(5)26-10-8-7-9-25(26)32-4;2*1-2/h6-10,15-17,22-24,27,29,35H,4,11-14,18-20H2,1-3,5H3;2H2,1H3;2H,1H3/b16-6-,21-15-;;. The summed E-state index contributed by atoms with van der Waals surface area (Å²) in [6.07, 6.45) is 12.5. The van der Waals surface area contributed by atoms with E-state index < -0.39 is 6.10 Å². The number of aliphatic hydroxyl groups excluding tert-OH is 1. The molecule has 41 heavy (non-hydrogen) atoms. The van der Waals surface area contributed by atoms with Gasteiger partial charge in [0.15, 0.2) is 0 Å². The number of aliphatic hydroxyl groups is 1. The van der Waals surface area contributed by atoms with Crippen LogP contribution in [0.1, 0.15) is 52.9 Å². The number of allylic oxidation sites excluding steroid dienone is 4. The Morgan fingerprint density at radius 2 is 1.93 bits per heavy atom. The number of nitrogens with zero attached hydrogens (tertiary/aromatic N) is 2. The van der Waals surface area contributed by atoms with Crippen molar-refractivity contribution in [1.82, 2.24) is 0 Å². The van der Waals surface area contributed by atoms with E-state index in [1.54, 1.807) is 24.1 Å². The van der Waals surface area contributed by atoms with Crippen molar-refractivity contribution in [2.24, 2.45) is 45.2 Å². The van der Waals surface area contributed by atoms with Crippen molar-refractivity contribution in [3.8, 4) is 0 Å². The van der Waals surface area contributed by atoms with Gasteiger partial charge in [0.1, 0.15) is 12.1 Å². The molecular weight excluding hydrogens is 551 g/mol. The number of carbonyl (C=O) groups is 2. The molecule has 0 aromatic heterocycles. The molecule has 228 valence electrons. The van der Waals surface area contributed by atoms with Gasteiger partial charge in [0.2, 0.25) is 0 Å². The number of hydrogen-bond donors (Lipinski definition) is 3. The van der Waals surface area contributed by atoms with E-state index >= 15 is 0 Å². The molecule has 0 heterocycles. The van der Waals surface area contributed by atoms with Gasteiger partial charge in [0.05, 0.1) is 29.1 Å². The number of benzene rings is 1. The summed E-state index contributed by atoms with van der Waals surface area (Å²) in [5, 5.41) is 11.6. The first-order chi connectivity index (χ1) is 19.7. The van der Waals surface area contributed by atoms with Crippen molar-refractivity contribution < 1.29 is 14.7 Å². The molecular formula is C33H51N3O3S2. The second-order valence-corrected chi connectivity index (χ2v) is 12.6. The number of ketones is 1. The highest BCUT2D eigenvalue weighted by atomic mass is 32.2. The quantitative estimate of drug-likeness (QED) is 0.0761. The van der Waals surface area contributed by atoms with Crippen molar-refractivity contribution >= 4 is 54.6 Å². The second-order valence-electron chi connectivity index (χ2n) is 11.6. The van der Waals surface area contributed by atoms with E-state index in [2.05, 4.69) is 61.0 Å². The second kappa shape index (κ2) is 16.1. The van der Waals surface area contributed by atoms with Crippen LogP contribution in [-0.2, 0) is 9.59 Å². The molecule has 3 N–H and O–H groups in total.